The van der Waals surface area contributed by atoms with E-state index in [-0.39, 0.29) is 6.61 Å². The highest BCUT2D eigenvalue weighted by atomic mass is 16.5. The molecule has 0 rings (SSSR count). The fraction of sp³-hybridized carbons (Fsp3) is 0.900. The number of unbranched alkanes of at least 4 members (excludes halogenated alkanes) is 8. The number of aliphatic hydroxyl groups is 1. The third-order valence-electron chi connectivity index (χ3n) is 4.09. The van der Waals surface area contributed by atoms with E-state index in [1.165, 1.54) is 64.2 Å². The Balaban J connectivity index is 3.37. The number of rotatable bonds is 17. The molecule has 0 aliphatic rings. The number of allylic oxidation sites excluding steroid dienone is 2. The van der Waals surface area contributed by atoms with E-state index < -0.39 is 0 Å². The van der Waals surface area contributed by atoms with Gasteiger partial charge in [0, 0.05) is 0 Å². The lowest BCUT2D eigenvalue weighted by Gasteiger charge is -2.16. The minimum Gasteiger partial charge on any atom is -0.394 e. The smallest absolute Gasteiger partial charge is 0.0701 e. The van der Waals surface area contributed by atoms with Gasteiger partial charge in [0.15, 0.2) is 0 Å². The summed E-state index contributed by atoms with van der Waals surface area (Å²) in [5, 5.41) is 8.82. The molecule has 0 aliphatic heterocycles. The Labute approximate surface area is 139 Å². The quantitative estimate of drug-likeness (QED) is 0.262. The van der Waals surface area contributed by atoms with Crippen LogP contribution in [-0.4, -0.2) is 24.4 Å². The molecule has 0 radical (unpaired) electrons. The van der Waals surface area contributed by atoms with Gasteiger partial charge in [-0.2, -0.15) is 0 Å². The van der Waals surface area contributed by atoms with Crippen molar-refractivity contribution in [3.05, 3.63) is 12.2 Å². The molecule has 0 saturated carbocycles. The molecule has 132 valence electrons. The van der Waals surface area contributed by atoms with E-state index in [2.05, 4.69) is 26.0 Å². The fourth-order valence-electron chi connectivity index (χ4n) is 2.76. The molecule has 0 bridgehead atoms. The van der Waals surface area contributed by atoms with Gasteiger partial charge in [-0.1, -0.05) is 70.9 Å². The number of hydrogen-bond acceptors (Lipinski definition) is 2. The summed E-state index contributed by atoms with van der Waals surface area (Å²) < 4.78 is 5.66. The first-order valence-corrected chi connectivity index (χ1v) is 9.72. The predicted molar refractivity (Wildman–Crippen MR) is 97.3 cm³/mol. The highest BCUT2D eigenvalue weighted by Crippen LogP contribution is 2.13. The van der Waals surface area contributed by atoms with Gasteiger partial charge in [-0.25, -0.2) is 0 Å². The molecule has 0 aliphatic carbocycles. The van der Waals surface area contributed by atoms with Crippen molar-refractivity contribution < 1.29 is 9.84 Å². The first-order valence-electron chi connectivity index (χ1n) is 9.72. The molecule has 1 atom stereocenters. The van der Waals surface area contributed by atoms with Crippen molar-refractivity contribution in [1.29, 1.82) is 0 Å². The highest BCUT2D eigenvalue weighted by molar-refractivity contribution is 4.81. The number of aliphatic hydroxyl groups excluding tert-OH is 1. The third kappa shape index (κ3) is 16.0. The van der Waals surface area contributed by atoms with Crippen LogP contribution in [-0.2, 0) is 4.74 Å². The van der Waals surface area contributed by atoms with Crippen LogP contribution in [0.25, 0.3) is 0 Å². The SMILES string of the molecule is CCCCCCCCC=CCCCCC(CCC)OCCO. The molecular weight excluding hydrogens is 272 g/mol. The first kappa shape index (κ1) is 21.7. The van der Waals surface area contributed by atoms with E-state index in [0.29, 0.717) is 12.7 Å². The largest absolute Gasteiger partial charge is 0.394 e. The minimum atomic E-state index is 0.140. The zero-order valence-electron chi connectivity index (χ0n) is 15.2. The van der Waals surface area contributed by atoms with Crippen molar-refractivity contribution >= 4 is 0 Å². The van der Waals surface area contributed by atoms with Gasteiger partial charge in [0.2, 0.25) is 0 Å². The van der Waals surface area contributed by atoms with E-state index in [4.69, 9.17) is 9.84 Å². The van der Waals surface area contributed by atoms with Crippen molar-refractivity contribution in [2.24, 2.45) is 0 Å². The molecule has 2 nitrogen and oxygen atoms in total. The summed E-state index contributed by atoms with van der Waals surface area (Å²) in [6.07, 6.45) is 21.8. The van der Waals surface area contributed by atoms with Gasteiger partial charge in [0.25, 0.3) is 0 Å². The second-order valence-corrected chi connectivity index (χ2v) is 6.32. The van der Waals surface area contributed by atoms with E-state index in [9.17, 15) is 0 Å². The summed E-state index contributed by atoms with van der Waals surface area (Å²) in [5.41, 5.74) is 0. The molecule has 2 heteroatoms. The van der Waals surface area contributed by atoms with Crippen LogP contribution < -0.4 is 0 Å². The normalized spacial score (nSPS) is 13.0. The van der Waals surface area contributed by atoms with E-state index in [1.54, 1.807) is 0 Å². The average Bonchev–Trinajstić information content (AvgIpc) is 2.53. The van der Waals surface area contributed by atoms with Gasteiger partial charge in [-0.05, 0) is 38.5 Å². The summed E-state index contributed by atoms with van der Waals surface area (Å²) in [6, 6.07) is 0. The van der Waals surface area contributed by atoms with Crippen molar-refractivity contribution in [1.82, 2.24) is 0 Å². The van der Waals surface area contributed by atoms with Crippen LogP contribution in [0.4, 0.5) is 0 Å². The Morgan fingerprint density at radius 3 is 2.05 bits per heavy atom. The standard InChI is InChI=1S/C20H40O2/c1-3-5-6-7-8-9-10-11-12-13-14-15-17-20(16-4-2)22-19-18-21/h11-12,20-21H,3-10,13-19H2,1-2H3. The number of ether oxygens (including phenoxy) is 1. The van der Waals surface area contributed by atoms with Crippen molar-refractivity contribution in [2.45, 2.75) is 103 Å². The molecule has 22 heavy (non-hydrogen) atoms. The van der Waals surface area contributed by atoms with Crippen LogP contribution in [0.2, 0.25) is 0 Å². The Bertz CT molecular complexity index is 226. The lowest BCUT2D eigenvalue weighted by molar-refractivity contribution is 0.0178. The van der Waals surface area contributed by atoms with Gasteiger partial charge in [0.05, 0.1) is 19.3 Å². The molecule has 1 unspecified atom stereocenters. The van der Waals surface area contributed by atoms with Crippen LogP contribution in [0.15, 0.2) is 12.2 Å². The van der Waals surface area contributed by atoms with E-state index in [0.717, 1.165) is 19.3 Å². The second kappa shape index (κ2) is 18.7. The van der Waals surface area contributed by atoms with Crippen LogP contribution in [0.5, 0.6) is 0 Å². The Morgan fingerprint density at radius 2 is 1.41 bits per heavy atom. The summed E-state index contributed by atoms with van der Waals surface area (Å²) in [7, 11) is 0. The van der Waals surface area contributed by atoms with Crippen LogP contribution in [0.3, 0.4) is 0 Å². The van der Waals surface area contributed by atoms with Gasteiger partial charge >= 0.3 is 0 Å². The van der Waals surface area contributed by atoms with E-state index in [1.807, 2.05) is 0 Å². The molecule has 1 N–H and O–H groups in total. The zero-order chi connectivity index (χ0) is 16.3. The molecule has 0 spiro atoms. The molecule has 0 heterocycles. The third-order valence-corrected chi connectivity index (χ3v) is 4.09. The monoisotopic (exact) mass is 312 g/mol. The lowest BCUT2D eigenvalue weighted by atomic mass is 10.1. The maximum absolute atomic E-state index is 8.82. The number of hydrogen-bond donors (Lipinski definition) is 1. The Kier molecular flexibility index (Phi) is 18.4. The molecule has 0 aromatic heterocycles. The Morgan fingerprint density at radius 1 is 0.773 bits per heavy atom. The summed E-state index contributed by atoms with van der Waals surface area (Å²) >= 11 is 0. The molecule has 0 fully saturated rings. The predicted octanol–water partition coefficient (Wildman–Crippen LogP) is 6.03. The maximum Gasteiger partial charge on any atom is 0.0701 e. The van der Waals surface area contributed by atoms with Crippen molar-refractivity contribution in [2.75, 3.05) is 13.2 Å². The second-order valence-electron chi connectivity index (χ2n) is 6.32. The van der Waals surface area contributed by atoms with Crippen molar-refractivity contribution in [3.63, 3.8) is 0 Å². The zero-order valence-corrected chi connectivity index (χ0v) is 15.2. The average molecular weight is 313 g/mol. The highest BCUT2D eigenvalue weighted by Gasteiger charge is 2.06. The van der Waals surface area contributed by atoms with Crippen molar-refractivity contribution in [3.8, 4) is 0 Å². The van der Waals surface area contributed by atoms with Crippen LogP contribution >= 0.6 is 0 Å². The topological polar surface area (TPSA) is 29.5 Å². The summed E-state index contributed by atoms with van der Waals surface area (Å²) in [5.74, 6) is 0. The van der Waals surface area contributed by atoms with Gasteiger partial charge < -0.3 is 9.84 Å². The molecule has 0 aromatic rings. The van der Waals surface area contributed by atoms with Crippen LogP contribution in [0.1, 0.15) is 97.3 Å². The Hall–Kier alpha value is -0.340. The molecule has 0 amide bonds. The molecular formula is C20H40O2. The molecule has 0 aromatic carbocycles. The minimum absolute atomic E-state index is 0.140. The summed E-state index contributed by atoms with van der Waals surface area (Å²) in [4.78, 5) is 0. The van der Waals surface area contributed by atoms with Gasteiger partial charge in [0.1, 0.15) is 0 Å². The first-order chi connectivity index (χ1) is 10.8. The van der Waals surface area contributed by atoms with Crippen LogP contribution in [0, 0.1) is 0 Å². The van der Waals surface area contributed by atoms with Gasteiger partial charge in [-0.15, -0.1) is 0 Å². The lowest BCUT2D eigenvalue weighted by Crippen LogP contribution is -2.15. The maximum atomic E-state index is 8.82. The van der Waals surface area contributed by atoms with E-state index >= 15 is 0 Å². The fourth-order valence-corrected chi connectivity index (χ4v) is 2.76. The summed E-state index contributed by atoms with van der Waals surface area (Å²) in [6.45, 7) is 5.09. The molecule has 0 saturated heterocycles. The van der Waals surface area contributed by atoms with Gasteiger partial charge in [-0.3, -0.25) is 0 Å².